The standard InChI is InChI=1S/C16H26N2OS/c1-4-5-11-20-12-16(15(17)19,18-13(2)3)14-9-7-6-8-10-14/h6-10,13,18H,4-5,11-12H2,1-3H3,(H2,17,19). The maximum absolute atomic E-state index is 12.2. The Hall–Kier alpha value is -1.00. The van der Waals surface area contributed by atoms with Crippen LogP contribution in [0.3, 0.4) is 0 Å². The van der Waals surface area contributed by atoms with E-state index < -0.39 is 5.54 Å². The van der Waals surface area contributed by atoms with E-state index in [9.17, 15) is 4.79 Å². The average molecular weight is 294 g/mol. The summed E-state index contributed by atoms with van der Waals surface area (Å²) in [6, 6.07) is 9.99. The van der Waals surface area contributed by atoms with Gasteiger partial charge in [-0.1, -0.05) is 43.7 Å². The molecule has 0 heterocycles. The van der Waals surface area contributed by atoms with Crippen LogP contribution in [0.15, 0.2) is 30.3 Å². The number of hydrogen-bond donors (Lipinski definition) is 2. The number of unbranched alkanes of at least 4 members (excludes halogenated alkanes) is 1. The van der Waals surface area contributed by atoms with Crippen molar-refractivity contribution in [3.05, 3.63) is 35.9 Å². The molecule has 0 saturated carbocycles. The lowest BCUT2D eigenvalue weighted by molar-refractivity contribution is -0.124. The second-order valence-electron chi connectivity index (χ2n) is 5.34. The molecule has 3 N–H and O–H groups in total. The third kappa shape index (κ3) is 4.53. The molecule has 1 aromatic rings. The summed E-state index contributed by atoms with van der Waals surface area (Å²) in [4.78, 5) is 12.2. The van der Waals surface area contributed by atoms with E-state index in [0.717, 1.165) is 17.7 Å². The molecule has 0 aromatic heterocycles. The van der Waals surface area contributed by atoms with E-state index in [4.69, 9.17) is 5.73 Å². The SMILES string of the molecule is CCCCSCC(NC(C)C)(C(N)=O)c1ccccc1. The number of carbonyl (C=O) groups excluding carboxylic acids is 1. The van der Waals surface area contributed by atoms with Crippen molar-refractivity contribution in [2.45, 2.75) is 45.2 Å². The molecule has 1 unspecified atom stereocenters. The first-order chi connectivity index (χ1) is 9.53. The molecule has 0 aliphatic carbocycles. The fraction of sp³-hybridized carbons (Fsp3) is 0.562. The summed E-state index contributed by atoms with van der Waals surface area (Å²) in [5, 5.41) is 3.39. The van der Waals surface area contributed by atoms with Gasteiger partial charge in [0.15, 0.2) is 0 Å². The summed E-state index contributed by atoms with van der Waals surface area (Å²) in [5.74, 6) is 1.42. The van der Waals surface area contributed by atoms with Crippen molar-refractivity contribution in [2.75, 3.05) is 11.5 Å². The number of nitrogens with one attached hydrogen (secondary N) is 1. The molecule has 3 nitrogen and oxygen atoms in total. The smallest absolute Gasteiger partial charge is 0.243 e. The normalized spacial score (nSPS) is 14.2. The van der Waals surface area contributed by atoms with Crippen LogP contribution in [0.1, 0.15) is 39.2 Å². The first kappa shape index (κ1) is 17.1. The molecule has 1 aromatic carbocycles. The Bertz CT molecular complexity index is 408. The maximum atomic E-state index is 12.2. The van der Waals surface area contributed by atoms with Gasteiger partial charge in [0.05, 0.1) is 0 Å². The largest absolute Gasteiger partial charge is 0.368 e. The highest BCUT2D eigenvalue weighted by atomic mass is 32.2. The van der Waals surface area contributed by atoms with Crippen molar-refractivity contribution in [1.29, 1.82) is 0 Å². The van der Waals surface area contributed by atoms with Gasteiger partial charge >= 0.3 is 0 Å². The molecule has 0 aliphatic rings. The Labute approximate surface area is 126 Å². The number of nitrogens with two attached hydrogens (primary N) is 1. The minimum absolute atomic E-state index is 0.189. The molecular weight excluding hydrogens is 268 g/mol. The minimum Gasteiger partial charge on any atom is -0.368 e. The summed E-state index contributed by atoms with van der Waals surface area (Å²) in [6.45, 7) is 6.25. The zero-order chi connectivity index (χ0) is 15.0. The van der Waals surface area contributed by atoms with Gasteiger partial charge in [-0.3, -0.25) is 10.1 Å². The Morgan fingerprint density at radius 3 is 2.50 bits per heavy atom. The zero-order valence-corrected chi connectivity index (χ0v) is 13.5. The van der Waals surface area contributed by atoms with Gasteiger partial charge in [0.2, 0.25) is 5.91 Å². The van der Waals surface area contributed by atoms with Crippen molar-refractivity contribution in [3.8, 4) is 0 Å². The molecule has 0 spiro atoms. The van der Waals surface area contributed by atoms with E-state index in [2.05, 4.69) is 12.2 Å². The lowest BCUT2D eigenvalue weighted by atomic mass is 9.90. The summed E-state index contributed by atoms with van der Waals surface area (Å²) >= 11 is 1.79. The zero-order valence-electron chi connectivity index (χ0n) is 12.7. The highest BCUT2D eigenvalue weighted by Crippen LogP contribution is 2.27. The lowest BCUT2D eigenvalue weighted by Crippen LogP contribution is -2.56. The van der Waals surface area contributed by atoms with Crippen LogP contribution >= 0.6 is 11.8 Å². The molecule has 0 saturated heterocycles. The van der Waals surface area contributed by atoms with Crippen molar-refractivity contribution in [3.63, 3.8) is 0 Å². The third-order valence-corrected chi connectivity index (χ3v) is 4.40. The van der Waals surface area contributed by atoms with Gasteiger partial charge in [0.25, 0.3) is 0 Å². The van der Waals surface area contributed by atoms with Crippen LogP contribution in [-0.4, -0.2) is 23.5 Å². The van der Waals surface area contributed by atoms with Crippen LogP contribution in [0.5, 0.6) is 0 Å². The van der Waals surface area contributed by atoms with Crippen LogP contribution in [-0.2, 0) is 10.3 Å². The van der Waals surface area contributed by atoms with Crippen LogP contribution in [0.2, 0.25) is 0 Å². The van der Waals surface area contributed by atoms with E-state index in [1.165, 1.54) is 6.42 Å². The van der Waals surface area contributed by atoms with Gasteiger partial charge in [0, 0.05) is 11.8 Å². The molecular formula is C16H26N2OS. The van der Waals surface area contributed by atoms with Crippen molar-refractivity contribution in [1.82, 2.24) is 5.32 Å². The van der Waals surface area contributed by atoms with Gasteiger partial charge in [-0.2, -0.15) is 11.8 Å². The molecule has 1 rings (SSSR count). The first-order valence-corrected chi connectivity index (χ1v) is 8.39. The molecule has 1 amide bonds. The molecule has 112 valence electrons. The maximum Gasteiger partial charge on any atom is 0.243 e. The number of benzene rings is 1. The fourth-order valence-electron chi connectivity index (χ4n) is 2.18. The van der Waals surface area contributed by atoms with E-state index in [-0.39, 0.29) is 11.9 Å². The molecule has 1 atom stereocenters. The van der Waals surface area contributed by atoms with Gasteiger partial charge < -0.3 is 5.73 Å². The molecule has 0 bridgehead atoms. The first-order valence-electron chi connectivity index (χ1n) is 7.23. The minimum atomic E-state index is -0.784. The summed E-state index contributed by atoms with van der Waals surface area (Å²) in [6.07, 6.45) is 2.33. The third-order valence-electron chi connectivity index (χ3n) is 3.18. The average Bonchev–Trinajstić information content (AvgIpc) is 2.42. The molecule has 4 heteroatoms. The number of amides is 1. The number of hydrogen-bond acceptors (Lipinski definition) is 3. The van der Waals surface area contributed by atoms with Gasteiger partial charge in [0.1, 0.15) is 5.54 Å². The predicted molar refractivity (Wildman–Crippen MR) is 87.8 cm³/mol. The molecule has 0 aliphatic heterocycles. The highest BCUT2D eigenvalue weighted by Gasteiger charge is 2.38. The Morgan fingerprint density at radius 2 is 2.00 bits per heavy atom. The van der Waals surface area contributed by atoms with E-state index >= 15 is 0 Å². The van der Waals surface area contributed by atoms with Crippen molar-refractivity contribution in [2.24, 2.45) is 5.73 Å². The molecule has 0 fully saturated rings. The van der Waals surface area contributed by atoms with Crippen LogP contribution in [0.25, 0.3) is 0 Å². The Balaban J connectivity index is 2.99. The van der Waals surface area contributed by atoms with Crippen LogP contribution < -0.4 is 11.1 Å². The van der Waals surface area contributed by atoms with Crippen molar-refractivity contribution < 1.29 is 4.79 Å². The van der Waals surface area contributed by atoms with E-state index in [1.807, 2.05) is 44.2 Å². The van der Waals surface area contributed by atoms with Gasteiger partial charge in [-0.25, -0.2) is 0 Å². The van der Waals surface area contributed by atoms with Gasteiger partial charge in [-0.05, 0) is 31.6 Å². The van der Waals surface area contributed by atoms with Crippen LogP contribution in [0, 0.1) is 0 Å². The predicted octanol–water partition coefficient (Wildman–Crippen LogP) is 2.90. The quantitative estimate of drug-likeness (QED) is 0.689. The Kier molecular flexibility index (Phi) is 7.10. The Morgan fingerprint density at radius 1 is 1.35 bits per heavy atom. The topological polar surface area (TPSA) is 55.1 Å². The van der Waals surface area contributed by atoms with Gasteiger partial charge in [-0.15, -0.1) is 0 Å². The molecule has 20 heavy (non-hydrogen) atoms. The van der Waals surface area contributed by atoms with Crippen LogP contribution in [0.4, 0.5) is 0 Å². The summed E-state index contributed by atoms with van der Waals surface area (Å²) in [5.41, 5.74) is 5.92. The summed E-state index contributed by atoms with van der Waals surface area (Å²) in [7, 11) is 0. The van der Waals surface area contributed by atoms with E-state index in [1.54, 1.807) is 11.8 Å². The van der Waals surface area contributed by atoms with E-state index in [0.29, 0.717) is 5.75 Å². The number of rotatable bonds is 9. The fourth-order valence-corrected chi connectivity index (χ4v) is 3.52. The summed E-state index contributed by atoms with van der Waals surface area (Å²) < 4.78 is 0. The second-order valence-corrected chi connectivity index (χ2v) is 6.45. The second kappa shape index (κ2) is 8.32. The molecule has 0 radical (unpaired) electrons. The number of primary amides is 1. The monoisotopic (exact) mass is 294 g/mol. The van der Waals surface area contributed by atoms with Crippen molar-refractivity contribution >= 4 is 17.7 Å². The number of thioether (sulfide) groups is 1. The number of carbonyl (C=O) groups is 1. The highest BCUT2D eigenvalue weighted by molar-refractivity contribution is 7.99. The lowest BCUT2D eigenvalue weighted by Gasteiger charge is -2.34.